The van der Waals surface area contributed by atoms with Crippen molar-refractivity contribution in [2.45, 2.75) is 18.9 Å². The molecule has 0 saturated heterocycles. The van der Waals surface area contributed by atoms with Crippen LogP contribution < -0.4 is 5.73 Å². The van der Waals surface area contributed by atoms with E-state index in [1.807, 2.05) is 0 Å². The van der Waals surface area contributed by atoms with Crippen LogP contribution in [0, 0.1) is 5.82 Å². The highest BCUT2D eigenvalue weighted by Crippen LogP contribution is 2.18. The molecule has 0 aromatic heterocycles. The average Bonchev–Trinajstić information content (AvgIpc) is 2.66. The van der Waals surface area contributed by atoms with E-state index in [1.165, 1.54) is 12.1 Å². The van der Waals surface area contributed by atoms with Crippen LogP contribution in [0.1, 0.15) is 18.4 Å². The lowest BCUT2D eigenvalue weighted by molar-refractivity contribution is -0.120. The fourth-order valence-electron chi connectivity index (χ4n) is 1.58. The Balaban J connectivity index is 2.03. The van der Waals surface area contributed by atoms with Gasteiger partial charge in [0.25, 0.3) is 0 Å². The first-order chi connectivity index (χ1) is 7.65. The quantitative estimate of drug-likeness (QED) is 0.834. The summed E-state index contributed by atoms with van der Waals surface area (Å²) in [6.07, 6.45) is 0.375. The molecule has 0 fully saturated rings. The number of oxime groups is 1. The highest BCUT2D eigenvalue weighted by atomic mass is 19.1. The van der Waals surface area contributed by atoms with Crippen molar-refractivity contribution in [2.24, 2.45) is 10.9 Å². The van der Waals surface area contributed by atoms with Crippen molar-refractivity contribution in [3.8, 4) is 0 Å². The van der Waals surface area contributed by atoms with Crippen LogP contribution in [-0.2, 0) is 9.63 Å². The zero-order chi connectivity index (χ0) is 11.5. The maximum absolute atomic E-state index is 12.7. The molecule has 1 aliphatic heterocycles. The van der Waals surface area contributed by atoms with E-state index < -0.39 is 5.91 Å². The first-order valence-electron chi connectivity index (χ1n) is 4.92. The van der Waals surface area contributed by atoms with Crippen molar-refractivity contribution in [2.75, 3.05) is 0 Å². The van der Waals surface area contributed by atoms with E-state index >= 15 is 0 Å². The molecule has 16 heavy (non-hydrogen) atoms. The Bertz CT molecular complexity index is 428. The Kier molecular flexibility index (Phi) is 2.85. The van der Waals surface area contributed by atoms with E-state index in [1.54, 1.807) is 12.1 Å². The molecule has 1 amide bonds. The summed E-state index contributed by atoms with van der Waals surface area (Å²) in [5, 5.41) is 3.86. The third-order valence-electron chi connectivity index (χ3n) is 2.34. The third kappa shape index (κ3) is 2.36. The maximum atomic E-state index is 12.7. The highest BCUT2D eigenvalue weighted by Gasteiger charge is 2.23. The smallest absolute Gasteiger partial charge is 0.221 e. The largest absolute Gasteiger partial charge is 0.391 e. The molecule has 0 bridgehead atoms. The van der Waals surface area contributed by atoms with Gasteiger partial charge in [-0.05, 0) is 17.7 Å². The van der Waals surface area contributed by atoms with E-state index in [4.69, 9.17) is 10.6 Å². The number of benzene rings is 1. The van der Waals surface area contributed by atoms with Gasteiger partial charge in [-0.3, -0.25) is 4.79 Å². The predicted molar refractivity (Wildman–Crippen MR) is 56.2 cm³/mol. The number of amides is 1. The lowest BCUT2D eigenvalue weighted by atomic mass is 10.0. The number of rotatable bonds is 3. The summed E-state index contributed by atoms with van der Waals surface area (Å²) in [4.78, 5) is 15.7. The molecule has 1 aromatic carbocycles. The topological polar surface area (TPSA) is 64.7 Å². The number of hydrogen-bond donors (Lipinski definition) is 1. The SMILES string of the molecule is NC(=O)C[C@@H]1CC(c2ccc(F)cc2)=NO1. The molecule has 84 valence electrons. The number of halogens is 1. The van der Waals surface area contributed by atoms with Gasteiger partial charge in [0, 0.05) is 6.42 Å². The van der Waals surface area contributed by atoms with Crippen molar-refractivity contribution in [1.82, 2.24) is 0 Å². The molecule has 1 heterocycles. The molecule has 1 atom stereocenters. The number of nitrogens with two attached hydrogens (primary N) is 1. The monoisotopic (exact) mass is 222 g/mol. The number of hydrogen-bond acceptors (Lipinski definition) is 3. The molecule has 2 rings (SSSR count). The second kappa shape index (κ2) is 4.30. The average molecular weight is 222 g/mol. The Morgan fingerprint density at radius 2 is 2.19 bits per heavy atom. The van der Waals surface area contributed by atoms with E-state index in [2.05, 4.69) is 5.16 Å². The number of carbonyl (C=O) groups is 1. The molecule has 0 saturated carbocycles. The van der Waals surface area contributed by atoms with Crippen LogP contribution in [0.15, 0.2) is 29.4 Å². The highest BCUT2D eigenvalue weighted by molar-refractivity contribution is 6.01. The van der Waals surface area contributed by atoms with Gasteiger partial charge in [0.1, 0.15) is 11.9 Å². The molecular weight excluding hydrogens is 211 g/mol. The lowest BCUT2D eigenvalue weighted by Crippen LogP contribution is -2.20. The minimum Gasteiger partial charge on any atom is -0.391 e. The molecule has 1 aliphatic rings. The zero-order valence-corrected chi connectivity index (χ0v) is 8.52. The van der Waals surface area contributed by atoms with Gasteiger partial charge in [0.05, 0.1) is 12.1 Å². The van der Waals surface area contributed by atoms with Crippen molar-refractivity contribution in [3.63, 3.8) is 0 Å². The van der Waals surface area contributed by atoms with Crippen LogP contribution in [-0.4, -0.2) is 17.7 Å². The van der Waals surface area contributed by atoms with E-state index in [9.17, 15) is 9.18 Å². The minimum absolute atomic E-state index is 0.147. The van der Waals surface area contributed by atoms with Crippen molar-refractivity contribution in [1.29, 1.82) is 0 Å². The van der Waals surface area contributed by atoms with Gasteiger partial charge in [0.15, 0.2) is 0 Å². The fraction of sp³-hybridized carbons (Fsp3) is 0.273. The summed E-state index contributed by atoms with van der Waals surface area (Å²) in [6.45, 7) is 0. The van der Waals surface area contributed by atoms with Crippen LogP contribution in [0.4, 0.5) is 4.39 Å². The number of primary amides is 1. The van der Waals surface area contributed by atoms with Crippen LogP contribution in [0.2, 0.25) is 0 Å². The van der Waals surface area contributed by atoms with Gasteiger partial charge in [-0.2, -0.15) is 0 Å². The first-order valence-corrected chi connectivity index (χ1v) is 4.92. The third-order valence-corrected chi connectivity index (χ3v) is 2.34. The summed E-state index contributed by atoms with van der Waals surface area (Å²) >= 11 is 0. The second-order valence-electron chi connectivity index (χ2n) is 3.65. The van der Waals surface area contributed by atoms with Crippen LogP contribution in [0.3, 0.4) is 0 Å². The summed E-state index contributed by atoms with van der Waals surface area (Å²) in [5.74, 6) is -0.711. The molecule has 0 radical (unpaired) electrons. The van der Waals surface area contributed by atoms with E-state index in [-0.39, 0.29) is 18.3 Å². The van der Waals surface area contributed by atoms with E-state index in [0.717, 1.165) is 5.56 Å². The molecule has 4 nitrogen and oxygen atoms in total. The molecular formula is C11H11FN2O2. The fourth-order valence-corrected chi connectivity index (χ4v) is 1.58. The van der Waals surface area contributed by atoms with Gasteiger partial charge >= 0.3 is 0 Å². The van der Waals surface area contributed by atoms with Gasteiger partial charge in [-0.15, -0.1) is 0 Å². The Morgan fingerprint density at radius 3 is 2.81 bits per heavy atom. The summed E-state index contributed by atoms with van der Waals surface area (Å²) in [6, 6.07) is 5.98. The Morgan fingerprint density at radius 1 is 1.50 bits per heavy atom. The lowest BCUT2D eigenvalue weighted by Gasteiger charge is -2.03. The van der Waals surface area contributed by atoms with Gasteiger partial charge in [0.2, 0.25) is 5.91 Å². The Hall–Kier alpha value is -1.91. The van der Waals surface area contributed by atoms with Crippen molar-refractivity contribution < 1.29 is 14.0 Å². The summed E-state index contributed by atoms with van der Waals surface area (Å²) in [5.41, 5.74) is 6.57. The summed E-state index contributed by atoms with van der Waals surface area (Å²) in [7, 11) is 0. The van der Waals surface area contributed by atoms with Crippen molar-refractivity contribution >= 4 is 11.6 Å². The molecule has 1 aromatic rings. The van der Waals surface area contributed by atoms with Crippen molar-refractivity contribution in [3.05, 3.63) is 35.6 Å². The normalized spacial score (nSPS) is 19.1. The Labute approximate surface area is 91.9 Å². The number of carbonyl (C=O) groups excluding carboxylic acids is 1. The predicted octanol–water partition coefficient (Wildman–Crippen LogP) is 1.19. The van der Waals surface area contributed by atoms with Crippen LogP contribution in [0.25, 0.3) is 0 Å². The molecule has 0 aliphatic carbocycles. The van der Waals surface area contributed by atoms with Crippen LogP contribution in [0.5, 0.6) is 0 Å². The molecule has 5 heteroatoms. The summed E-state index contributed by atoms with van der Waals surface area (Å²) < 4.78 is 12.7. The minimum atomic E-state index is -0.416. The number of nitrogens with zero attached hydrogens (tertiary/aromatic N) is 1. The first kappa shape index (κ1) is 10.6. The van der Waals surface area contributed by atoms with Crippen LogP contribution >= 0.6 is 0 Å². The zero-order valence-electron chi connectivity index (χ0n) is 8.52. The van der Waals surface area contributed by atoms with Gasteiger partial charge in [-0.1, -0.05) is 17.3 Å². The molecule has 2 N–H and O–H groups in total. The standard InChI is InChI=1S/C11H11FN2O2/c12-8-3-1-7(2-4-8)10-5-9(16-14-10)6-11(13)15/h1-4,9H,5-6H2,(H2,13,15)/t9-/m0/s1. The van der Waals surface area contributed by atoms with E-state index in [0.29, 0.717) is 12.1 Å². The van der Waals surface area contributed by atoms with Gasteiger partial charge in [-0.25, -0.2) is 4.39 Å². The second-order valence-corrected chi connectivity index (χ2v) is 3.65. The van der Waals surface area contributed by atoms with Gasteiger partial charge < -0.3 is 10.6 Å². The molecule has 0 spiro atoms. The molecule has 0 unspecified atom stereocenters. The maximum Gasteiger partial charge on any atom is 0.221 e.